The maximum atomic E-state index is 12.7. The van der Waals surface area contributed by atoms with Crippen molar-refractivity contribution in [1.82, 2.24) is 15.3 Å². The zero-order valence-electron chi connectivity index (χ0n) is 15.8. The summed E-state index contributed by atoms with van der Waals surface area (Å²) >= 11 is 1.36. The van der Waals surface area contributed by atoms with E-state index in [0.29, 0.717) is 28.8 Å². The van der Waals surface area contributed by atoms with Crippen LogP contribution in [0.2, 0.25) is 0 Å². The Morgan fingerprint density at radius 1 is 1.10 bits per heavy atom. The molecule has 29 heavy (non-hydrogen) atoms. The number of hydrogen-bond donors (Lipinski definition) is 1. The number of amides is 1. The largest absolute Gasteiger partial charge is 0.437 e. The van der Waals surface area contributed by atoms with Crippen molar-refractivity contribution >= 4 is 17.7 Å². The first-order chi connectivity index (χ1) is 14.3. The summed E-state index contributed by atoms with van der Waals surface area (Å²) in [5, 5.41) is 3.57. The van der Waals surface area contributed by atoms with Gasteiger partial charge in [-0.05, 0) is 37.1 Å². The van der Waals surface area contributed by atoms with E-state index in [1.165, 1.54) is 11.8 Å². The standard InChI is InChI=1S/C22H21N3O3S/c26-20(25-15-17-9-6-14-27-17)18-10-4-5-11-19(18)29-22-21(23-12-13-24-22)28-16-7-2-1-3-8-16/h1-5,7-8,10-13,17H,6,9,14-15H2,(H,25,26)/t17-/m0/s1. The van der Waals surface area contributed by atoms with Gasteiger partial charge in [0, 0.05) is 30.4 Å². The lowest BCUT2D eigenvalue weighted by Gasteiger charge is -2.13. The van der Waals surface area contributed by atoms with Gasteiger partial charge in [-0.2, -0.15) is 0 Å². The topological polar surface area (TPSA) is 73.3 Å². The Bertz CT molecular complexity index is 962. The van der Waals surface area contributed by atoms with Crippen LogP contribution < -0.4 is 10.1 Å². The lowest BCUT2D eigenvalue weighted by Crippen LogP contribution is -2.32. The van der Waals surface area contributed by atoms with E-state index in [2.05, 4.69) is 15.3 Å². The van der Waals surface area contributed by atoms with Crippen LogP contribution >= 0.6 is 11.8 Å². The first kappa shape index (κ1) is 19.4. The molecule has 2 heterocycles. The molecule has 1 fully saturated rings. The Morgan fingerprint density at radius 2 is 1.90 bits per heavy atom. The molecule has 1 aromatic heterocycles. The molecule has 0 saturated carbocycles. The minimum Gasteiger partial charge on any atom is -0.437 e. The number of para-hydroxylation sites is 1. The first-order valence-electron chi connectivity index (χ1n) is 9.50. The highest BCUT2D eigenvalue weighted by atomic mass is 32.2. The fourth-order valence-electron chi connectivity index (χ4n) is 3.01. The second-order valence-corrected chi connectivity index (χ2v) is 7.56. The number of benzene rings is 2. The fourth-order valence-corrected chi connectivity index (χ4v) is 3.93. The summed E-state index contributed by atoms with van der Waals surface area (Å²) < 4.78 is 11.5. The molecule has 3 aromatic rings. The van der Waals surface area contributed by atoms with Gasteiger partial charge in [0.05, 0.1) is 11.7 Å². The summed E-state index contributed by atoms with van der Waals surface area (Å²) in [5.41, 5.74) is 0.590. The molecule has 4 rings (SSSR count). The van der Waals surface area contributed by atoms with Crippen molar-refractivity contribution in [3.8, 4) is 11.6 Å². The van der Waals surface area contributed by atoms with Crippen LogP contribution in [0.25, 0.3) is 0 Å². The third-order valence-corrected chi connectivity index (χ3v) is 5.49. The lowest BCUT2D eigenvalue weighted by molar-refractivity contribution is 0.0855. The van der Waals surface area contributed by atoms with Gasteiger partial charge in [-0.1, -0.05) is 42.1 Å². The third kappa shape index (κ3) is 5.13. The van der Waals surface area contributed by atoms with Gasteiger partial charge in [-0.25, -0.2) is 9.97 Å². The molecule has 1 aliphatic rings. The van der Waals surface area contributed by atoms with Crippen LogP contribution in [0.3, 0.4) is 0 Å². The molecule has 0 unspecified atom stereocenters. The normalized spacial score (nSPS) is 15.8. The number of nitrogens with one attached hydrogen (secondary N) is 1. The van der Waals surface area contributed by atoms with Crippen LogP contribution in [0.15, 0.2) is 76.9 Å². The second-order valence-electron chi connectivity index (χ2n) is 6.53. The molecule has 7 heteroatoms. The quantitative estimate of drug-likeness (QED) is 0.628. The van der Waals surface area contributed by atoms with Crippen molar-refractivity contribution in [3.63, 3.8) is 0 Å². The highest BCUT2D eigenvalue weighted by Crippen LogP contribution is 2.35. The number of ether oxygens (including phenoxy) is 2. The van der Waals surface area contributed by atoms with E-state index < -0.39 is 0 Å². The van der Waals surface area contributed by atoms with Crippen LogP contribution in [0.5, 0.6) is 11.6 Å². The molecule has 6 nitrogen and oxygen atoms in total. The summed E-state index contributed by atoms with van der Waals surface area (Å²) in [7, 11) is 0. The minimum absolute atomic E-state index is 0.102. The molecule has 1 amide bonds. The SMILES string of the molecule is O=C(NC[C@@H]1CCCO1)c1ccccc1Sc1nccnc1Oc1ccccc1. The van der Waals surface area contributed by atoms with Crippen LogP contribution in [-0.4, -0.2) is 35.1 Å². The molecular weight excluding hydrogens is 386 g/mol. The van der Waals surface area contributed by atoms with Gasteiger partial charge in [0.15, 0.2) is 5.03 Å². The van der Waals surface area contributed by atoms with Gasteiger partial charge < -0.3 is 14.8 Å². The molecule has 1 N–H and O–H groups in total. The molecule has 0 radical (unpaired) electrons. The zero-order chi connectivity index (χ0) is 19.9. The average Bonchev–Trinajstić information content (AvgIpc) is 3.28. The van der Waals surface area contributed by atoms with Crippen LogP contribution in [-0.2, 0) is 4.74 Å². The van der Waals surface area contributed by atoms with Crippen LogP contribution in [0, 0.1) is 0 Å². The van der Waals surface area contributed by atoms with Crippen molar-refractivity contribution in [2.75, 3.05) is 13.2 Å². The summed E-state index contributed by atoms with van der Waals surface area (Å²) in [6.07, 6.45) is 5.33. The van der Waals surface area contributed by atoms with Crippen molar-refractivity contribution in [3.05, 3.63) is 72.6 Å². The molecule has 148 valence electrons. The molecule has 1 atom stereocenters. The highest BCUT2D eigenvalue weighted by molar-refractivity contribution is 7.99. The van der Waals surface area contributed by atoms with Gasteiger partial charge in [-0.3, -0.25) is 4.79 Å². The summed E-state index contributed by atoms with van der Waals surface area (Å²) in [4.78, 5) is 22.2. The van der Waals surface area contributed by atoms with E-state index >= 15 is 0 Å². The van der Waals surface area contributed by atoms with Gasteiger partial charge in [0.2, 0.25) is 0 Å². The number of carbonyl (C=O) groups excluding carboxylic acids is 1. The maximum absolute atomic E-state index is 12.7. The predicted molar refractivity (Wildman–Crippen MR) is 110 cm³/mol. The van der Waals surface area contributed by atoms with Crippen molar-refractivity contribution in [2.45, 2.75) is 28.9 Å². The van der Waals surface area contributed by atoms with Crippen LogP contribution in [0.1, 0.15) is 23.2 Å². The summed E-state index contributed by atoms with van der Waals surface area (Å²) in [6, 6.07) is 16.9. The van der Waals surface area contributed by atoms with E-state index in [0.717, 1.165) is 24.3 Å². The molecule has 0 spiro atoms. The number of rotatable bonds is 7. The van der Waals surface area contributed by atoms with Gasteiger partial charge in [0.1, 0.15) is 5.75 Å². The molecule has 0 aliphatic carbocycles. The lowest BCUT2D eigenvalue weighted by atomic mass is 10.2. The van der Waals surface area contributed by atoms with Gasteiger partial charge in [-0.15, -0.1) is 0 Å². The fraction of sp³-hybridized carbons (Fsp3) is 0.227. The molecular formula is C22H21N3O3S. The van der Waals surface area contributed by atoms with E-state index in [-0.39, 0.29) is 12.0 Å². The van der Waals surface area contributed by atoms with Crippen LogP contribution in [0.4, 0.5) is 0 Å². The Balaban J connectivity index is 1.50. The van der Waals surface area contributed by atoms with Crippen molar-refractivity contribution in [2.24, 2.45) is 0 Å². The number of hydrogen-bond acceptors (Lipinski definition) is 6. The molecule has 1 aliphatic heterocycles. The number of aromatic nitrogens is 2. The van der Waals surface area contributed by atoms with E-state index in [1.807, 2.05) is 48.5 Å². The minimum atomic E-state index is -0.127. The summed E-state index contributed by atoms with van der Waals surface area (Å²) in [5.74, 6) is 0.953. The Morgan fingerprint density at radius 3 is 2.72 bits per heavy atom. The van der Waals surface area contributed by atoms with E-state index in [1.54, 1.807) is 18.5 Å². The molecule has 1 saturated heterocycles. The Hall–Kier alpha value is -2.90. The average molecular weight is 407 g/mol. The Labute approximate surface area is 173 Å². The number of carbonyl (C=O) groups is 1. The smallest absolute Gasteiger partial charge is 0.252 e. The highest BCUT2D eigenvalue weighted by Gasteiger charge is 2.19. The summed E-state index contributed by atoms with van der Waals surface area (Å²) in [6.45, 7) is 1.29. The van der Waals surface area contributed by atoms with E-state index in [4.69, 9.17) is 9.47 Å². The zero-order valence-corrected chi connectivity index (χ0v) is 16.6. The second kappa shape index (κ2) is 9.54. The van der Waals surface area contributed by atoms with Crippen molar-refractivity contribution < 1.29 is 14.3 Å². The van der Waals surface area contributed by atoms with Gasteiger partial charge >= 0.3 is 0 Å². The monoisotopic (exact) mass is 407 g/mol. The first-order valence-corrected chi connectivity index (χ1v) is 10.3. The maximum Gasteiger partial charge on any atom is 0.252 e. The third-order valence-electron chi connectivity index (χ3n) is 4.44. The van der Waals surface area contributed by atoms with E-state index in [9.17, 15) is 4.79 Å². The Kier molecular flexibility index (Phi) is 6.38. The predicted octanol–water partition coefficient (Wildman–Crippen LogP) is 4.33. The van der Waals surface area contributed by atoms with Gasteiger partial charge in [0.25, 0.3) is 11.8 Å². The molecule has 2 aromatic carbocycles. The number of nitrogens with zero attached hydrogens (tertiary/aromatic N) is 2. The van der Waals surface area contributed by atoms with Crippen molar-refractivity contribution in [1.29, 1.82) is 0 Å². The molecule has 0 bridgehead atoms.